The van der Waals surface area contributed by atoms with Gasteiger partial charge in [0.2, 0.25) is 0 Å². The smallest absolute Gasteiger partial charge is 0.123 e. The van der Waals surface area contributed by atoms with Crippen LogP contribution in [0.15, 0.2) is 72.8 Å². The Bertz CT molecular complexity index is 898. The van der Waals surface area contributed by atoms with Gasteiger partial charge in [0.05, 0.1) is 6.04 Å². The topological polar surface area (TPSA) is 29.3 Å². The highest BCUT2D eigenvalue weighted by atomic mass is 35.5. The van der Waals surface area contributed by atoms with Gasteiger partial charge in [0.1, 0.15) is 11.6 Å². The molecule has 1 heterocycles. The number of hydrogen-bond acceptors (Lipinski definition) is 2. The average Bonchev–Trinajstić information content (AvgIpc) is 2.67. The normalized spacial score (nSPS) is 18.1. The van der Waals surface area contributed by atoms with E-state index in [4.69, 9.17) is 17.3 Å². The summed E-state index contributed by atoms with van der Waals surface area (Å²) in [5, 5.41) is 0.660. The van der Waals surface area contributed by atoms with Gasteiger partial charge >= 0.3 is 0 Å². The predicted molar refractivity (Wildman–Crippen MR) is 108 cm³/mol. The Hall–Kier alpha value is -2.27. The van der Waals surface area contributed by atoms with Gasteiger partial charge in [0, 0.05) is 23.7 Å². The molecule has 28 heavy (non-hydrogen) atoms. The van der Waals surface area contributed by atoms with Crippen LogP contribution < -0.4 is 5.73 Å². The Morgan fingerprint density at radius 1 is 0.857 bits per heavy atom. The summed E-state index contributed by atoms with van der Waals surface area (Å²) in [5.41, 5.74) is 9.48. The Labute approximate surface area is 168 Å². The second-order valence-electron chi connectivity index (χ2n) is 7.18. The molecule has 0 aliphatic carbocycles. The van der Waals surface area contributed by atoms with Crippen LogP contribution in [0.2, 0.25) is 5.02 Å². The molecule has 3 aromatic carbocycles. The van der Waals surface area contributed by atoms with Crippen LogP contribution in [-0.2, 0) is 0 Å². The van der Waals surface area contributed by atoms with Gasteiger partial charge in [-0.15, -0.1) is 0 Å². The maximum absolute atomic E-state index is 13.5. The Balaban J connectivity index is 1.68. The molecule has 0 saturated carbocycles. The van der Waals surface area contributed by atoms with E-state index in [9.17, 15) is 8.78 Å². The van der Waals surface area contributed by atoms with Crippen LogP contribution in [0.3, 0.4) is 0 Å². The molecule has 2 atom stereocenters. The second-order valence-corrected chi connectivity index (χ2v) is 7.62. The van der Waals surface area contributed by atoms with Crippen LogP contribution in [0, 0.1) is 11.6 Å². The lowest BCUT2D eigenvalue weighted by molar-refractivity contribution is 0.0392. The monoisotopic (exact) mass is 398 g/mol. The molecule has 2 nitrogen and oxygen atoms in total. The molecule has 0 unspecified atom stereocenters. The fraction of sp³-hybridized carbons (Fsp3) is 0.217. The average molecular weight is 399 g/mol. The third kappa shape index (κ3) is 3.81. The quantitative estimate of drug-likeness (QED) is 0.616. The molecule has 5 heteroatoms. The third-order valence-corrected chi connectivity index (χ3v) is 5.70. The van der Waals surface area contributed by atoms with Crippen molar-refractivity contribution in [2.45, 2.75) is 24.5 Å². The minimum absolute atomic E-state index is 0.110. The first kappa shape index (κ1) is 19.1. The predicted octanol–water partition coefficient (Wildman–Crippen LogP) is 5.48. The van der Waals surface area contributed by atoms with Gasteiger partial charge in [0.15, 0.2) is 0 Å². The van der Waals surface area contributed by atoms with Gasteiger partial charge < -0.3 is 5.73 Å². The molecular weight excluding hydrogens is 378 g/mol. The summed E-state index contributed by atoms with van der Waals surface area (Å²) in [4.78, 5) is 2.30. The van der Waals surface area contributed by atoms with Gasteiger partial charge in [-0.3, -0.25) is 4.90 Å². The number of nitrogens with zero attached hydrogens (tertiary/aromatic N) is 1. The number of halogens is 3. The van der Waals surface area contributed by atoms with E-state index < -0.39 is 0 Å². The molecule has 4 rings (SSSR count). The molecule has 3 aromatic rings. The summed E-state index contributed by atoms with van der Waals surface area (Å²) >= 11 is 6.13. The Morgan fingerprint density at radius 3 is 1.89 bits per heavy atom. The van der Waals surface area contributed by atoms with Crippen molar-refractivity contribution in [1.82, 2.24) is 4.90 Å². The summed E-state index contributed by atoms with van der Waals surface area (Å²) in [5.74, 6) is -0.560. The highest BCUT2D eigenvalue weighted by Crippen LogP contribution is 2.40. The first-order valence-corrected chi connectivity index (χ1v) is 9.68. The number of likely N-dealkylation sites (tertiary alicyclic amines) is 1. The second kappa shape index (κ2) is 8.00. The van der Waals surface area contributed by atoms with Crippen molar-refractivity contribution in [2.75, 3.05) is 6.54 Å². The summed E-state index contributed by atoms with van der Waals surface area (Å²) in [6.07, 6.45) is 0.951. The maximum Gasteiger partial charge on any atom is 0.123 e. The first-order valence-electron chi connectivity index (χ1n) is 9.30. The third-order valence-electron chi connectivity index (χ3n) is 5.46. The van der Waals surface area contributed by atoms with E-state index in [1.807, 2.05) is 24.3 Å². The molecule has 1 aliphatic heterocycles. The van der Waals surface area contributed by atoms with Crippen molar-refractivity contribution >= 4 is 11.6 Å². The van der Waals surface area contributed by atoms with Crippen molar-refractivity contribution in [1.29, 1.82) is 0 Å². The van der Waals surface area contributed by atoms with E-state index in [1.54, 1.807) is 24.3 Å². The summed E-state index contributed by atoms with van der Waals surface area (Å²) in [7, 11) is 0. The van der Waals surface area contributed by atoms with E-state index in [-0.39, 0.29) is 29.8 Å². The SMILES string of the molecule is N[C@@H](c1cccc(Cl)c1)[C@@H]1CCN1C(c1ccc(F)cc1)c1ccc(F)cc1. The summed E-state index contributed by atoms with van der Waals surface area (Å²) in [6, 6.07) is 20.4. The van der Waals surface area contributed by atoms with E-state index in [0.717, 1.165) is 29.7 Å². The molecule has 0 amide bonds. The highest BCUT2D eigenvalue weighted by molar-refractivity contribution is 6.30. The van der Waals surface area contributed by atoms with Gasteiger partial charge in [-0.1, -0.05) is 48.0 Å². The molecule has 1 saturated heterocycles. The van der Waals surface area contributed by atoms with E-state index in [2.05, 4.69) is 4.90 Å². The van der Waals surface area contributed by atoms with Crippen LogP contribution in [-0.4, -0.2) is 17.5 Å². The zero-order chi connectivity index (χ0) is 19.7. The van der Waals surface area contributed by atoms with Crippen molar-refractivity contribution in [2.24, 2.45) is 5.73 Å². The lowest BCUT2D eigenvalue weighted by atomic mass is 9.85. The fourth-order valence-corrected chi connectivity index (χ4v) is 4.13. The summed E-state index contributed by atoms with van der Waals surface area (Å²) in [6.45, 7) is 0.859. The van der Waals surface area contributed by atoms with Gasteiger partial charge in [-0.05, 0) is 59.5 Å². The molecule has 0 bridgehead atoms. The van der Waals surface area contributed by atoms with Crippen molar-refractivity contribution < 1.29 is 8.78 Å². The number of rotatable bonds is 5. The van der Waals surface area contributed by atoms with Gasteiger partial charge in [-0.2, -0.15) is 0 Å². The van der Waals surface area contributed by atoms with Crippen molar-refractivity contribution in [3.63, 3.8) is 0 Å². The fourth-order valence-electron chi connectivity index (χ4n) is 3.94. The molecule has 2 N–H and O–H groups in total. The van der Waals surface area contributed by atoms with Crippen LogP contribution in [0.5, 0.6) is 0 Å². The van der Waals surface area contributed by atoms with Gasteiger partial charge in [-0.25, -0.2) is 8.78 Å². The van der Waals surface area contributed by atoms with Crippen LogP contribution in [0.25, 0.3) is 0 Å². The van der Waals surface area contributed by atoms with Crippen LogP contribution in [0.1, 0.15) is 35.2 Å². The van der Waals surface area contributed by atoms with E-state index in [0.29, 0.717) is 5.02 Å². The van der Waals surface area contributed by atoms with Gasteiger partial charge in [0.25, 0.3) is 0 Å². The molecule has 1 aliphatic rings. The zero-order valence-corrected chi connectivity index (χ0v) is 16.0. The zero-order valence-electron chi connectivity index (χ0n) is 15.2. The molecule has 1 fully saturated rings. The molecular formula is C23H21ClF2N2. The van der Waals surface area contributed by atoms with Crippen molar-refractivity contribution in [3.05, 3.63) is 106 Å². The number of nitrogens with two attached hydrogens (primary N) is 1. The van der Waals surface area contributed by atoms with E-state index >= 15 is 0 Å². The Kier molecular flexibility index (Phi) is 5.44. The minimum atomic E-state index is -0.280. The Morgan fingerprint density at radius 2 is 1.43 bits per heavy atom. The molecule has 0 aromatic heterocycles. The molecule has 144 valence electrons. The molecule has 0 spiro atoms. The number of benzene rings is 3. The maximum atomic E-state index is 13.5. The summed E-state index contributed by atoms with van der Waals surface area (Å²) < 4.78 is 26.9. The number of hydrogen-bond donors (Lipinski definition) is 1. The lowest BCUT2D eigenvalue weighted by Crippen LogP contribution is -2.54. The van der Waals surface area contributed by atoms with E-state index in [1.165, 1.54) is 24.3 Å². The standard InChI is InChI=1S/C23H21ClF2N2/c24-18-3-1-2-17(14-18)22(27)21-12-13-28(21)23(15-4-8-19(25)9-5-15)16-6-10-20(26)11-7-16/h1-11,14,21-23H,12-13,27H2/t21-,22-/m0/s1. The van der Waals surface area contributed by atoms with Crippen molar-refractivity contribution in [3.8, 4) is 0 Å². The van der Waals surface area contributed by atoms with Crippen LogP contribution in [0.4, 0.5) is 8.78 Å². The highest BCUT2D eigenvalue weighted by Gasteiger charge is 2.39. The minimum Gasteiger partial charge on any atom is -0.323 e. The molecule has 0 radical (unpaired) electrons. The largest absolute Gasteiger partial charge is 0.323 e. The lowest BCUT2D eigenvalue weighted by Gasteiger charge is -2.49. The van der Waals surface area contributed by atoms with Crippen LogP contribution >= 0.6 is 11.6 Å². The first-order chi connectivity index (χ1) is 13.5.